The van der Waals surface area contributed by atoms with Gasteiger partial charge in [-0.05, 0) is 0 Å². The monoisotopic (exact) mass is 345 g/mol. The Bertz CT molecular complexity index is 767. The van der Waals surface area contributed by atoms with Gasteiger partial charge in [-0.15, -0.1) is 11.3 Å². The van der Waals surface area contributed by atoms with E-state index in [1.807, 2.05) is 0 Å². The molecule has 0 saturated heterocycles. The van der Waals surface area contributed by atoms with Crippen molar-refractivity contribution in [2.75, 3.05) is 0 Å². The average molecular weight is 346 g/mol. The van der Waals surface area contributed by atoms with Crippen LogP contribution in [0.25, 0.3) is 11.5 Å². The Morgan fingerprint density at radius 3 is 2.50 bits per heavy atom. The maximum absolute atomic E-state index is 12.9. The molecule has 0 aliphatic heterocycles. The van der Waals surface area contributed by atoms with Gasteiger partial charge < -0.3 is 4.57 Å². The highest BCUT2D eigenvalue weighted by molar-refractivity contribution is 7.07. The third kappa shape index (κ3) is 3.09. The summed E-state index contributed by atoms with van der Waals surface area (Å²) in [5.74, 6) is 0.444. The van der Waals surface area contributed by atoms with Crippen molar-refractivity contribution in [1.82, 2.24) is 24.5 Å². The number of aromatic nitrogens is 5. The molecular formula is C12H7ClF3N5S. The van der Waals surface area contributed by atoms with Gasteiger partial charge in [0.2, 0.25) is 0 Å². The molecular weight excluding hydrogens is 339 g/mol. The van der Waals surface area contributed by atoms with Gasteiger partial charge in [0.1, 0.15) is 11.5 Å². The third-order valence-corrected chi connectivity index (χ3v) is 3.50. The lowest BCUT2D eigenvalue weighted by Gasteiger charge is -2.04. The number of hydrogen-bond donors (Lipinski definition) is 0. The lowest BCUT2D eigenvalue weighted by molar-refractivity contribution is -0.140. The molecule has 5 nitrogen and oxygen atoms in total. The van der Waals surface area contributed by atoms with Gasteiger partial charge in [-0.25, -0.2) is 19.9 Å². The topological polar surface area (TPSA) is 56.5 Å². The van der Waals surface area contributed by atoms with Crippen LogP contribution in [0, 0.1) is 0 Å². The maximum atomic E-state index is 12.9. The van der Waals surface area contributed by atoms with E-state index < -0.39 is 11.9 Å². The number of alkyl halides is 3. The van der Waals surface area contributed by atoms with Crippen molar-refractivity contribution in [2.24, 2.45) is 0 Å². The van der Waals surface area contributed by atoms with Gasteiger partial charge in [-0.1, -0.05) is 11.6 Å². The van der Waals surface area contributed by atoms with Crippen molar-refractivity contribution in [3.63, 3.8) is 0 Å². The molecule has 0 amide bonds. The van der Waals surface area contributed by atoms with E-state index in [0.717, 1.165) is 6.20 Å². The van der Waals surface area contributed by atoms with E-state index in [9.17, 15) is 13.2 Å². The van der Waals surface area contributed by atoms with Crippen LogP contribution in [0.3, 0.4) is 0 Å². The minimum Gasteiger partial charge on any atom is -0.321 e. The molecule has 0 fully saturated rings. The zero-order valence-electron chi connectivity index (χ0n) is 10.8. The van der Waals surface area contributed by atoms with E-state index in [1.165, 1.54) is 33.8 Å². The fraction of sp³-hybridized carbons (Fsp3) is 0.167. The number of hydrogen-bond acceptors (Lipinski definition) is 5. The van der Waals surface area contributed by atoms with Gasteiger partial charge in [-0.2, -0.15) is 13.2 Å². The summed E-state index contributed by atoms with van der Waals surface area (Å²) < 4.78 is 39.9. The van der Waals surface area contributed by atoms with Crippen LogP contribution in [0.2, 0.25) is 5.02 Å². The highest BCUT2D eigenvalue weighted by Crippen LogP contribution is 2.31. The molecule has 0 radical (unpaired) electrons. The zero-order valence-corrected chi connectivity index (χ0v) is 12.3. The Hall–Kier alpha value is -2.00. The Kier molecular flexibility index (Phi) is 3.83. The van der Waals surface area contributed by atoms with Crippen molar-refractivity contribution in [3.8, 4) is 11.5 Å². The second-order valence-corrected chi connectivity index (χ2v) is 5.42. The van der Waals surface area contributed by atoms with Crippen LogP contribution in [0.15, 0.2) is 29.5 Å². The minimum atomic E-state index is -4.53. The van der Waals surface area contributed by atoms with Crippen LogP contribution >= 0.6 is 22.9 Å². The molecule has 0 atom stereocenters. The first-order chi connectivity index (χ1) is 10.4. The second kappa shape index (κ2) is 5.65. The number of rotatable bonds is 3. The molecule has 3 rings (SSSR count). The van der Waals surface area contributed by atoms with Crippen molar-refractivity contribution >= 4 is 22.9 Å². The molecule has 0 aliphatic rings. The van der Waals surface area contributed by atoms with Crippen molar-refractivity contribution < 1.29 is 13.2 Å². The molecule has 0 aliphatic carbocycles. The van der Waals surface area contributed by atoms with Gasteiger partial charge in [0, 0.05) is 24.0 Å². The Balaban J connectivity index is 2.01. The maximum Gasteiger partial charge on any atom is 0.434 e. The first-order valence-electron chi connectivity index (χ1n) is 5.93. The molecule has 0 unspecified atom stereocenters. The highest BCUT2D eigenvalue weighted by atomic mass is 35.5. The number of halogens is 4. The van der Waals surface area contributed by atoms with Crippen LogP contribution in [-0.2, 0) is 12.7 Å². The fourth-order valence-corrected chi connectivity index (χ4v) is 2.40. The molecule has 0 saturated carbocycles. The van der Waals surface area contributed by atoms with Crippen LogP contribution in [0.1, 0.15) is 11.5 Å². The first kappa shape index (κ1) is 14.9. The summed E-state index contributed by atoms with van der Waals surface area (Å²) in [4.78, 5) is 15.6. The lowest BCUT2D eigenvalue weighted by Crippen LogP contribution is -2.06. The largest absolute Gasteiger partial charge is 0.434 e. The van der Waals surface area contributed by atoms with Crippen LogP contribution in [0.5, 0.6) is 0 Å². The summed E-state index contributed by atoms with van der Waals surface area (Å²) in [6.07, 6.45) is -0.842. The van der Waals surface area contributed by atoms with E-state index in [0.29, 0.717) is 16.5 Å². The van der Waals surface area contributed by atoms with Gasteiger partial charge >= 0.3 is 6.18 Å². The fourth-order valence-electron chi connectivity index (χ4n) is 1.77. The molecule has 0 bridgehead atoms. The SMILES string of the molecule is FC(F)(F)c1cn(Cc2ncc(Cl)cn2)c(-c2cscn2)n1. The Labute approximate surface area is 131 Å². The first-order valence-corrected chi connectivity index (χ1v) is 7.25. The molecule has 22 heavy (non-hydrogen) atoms. The van der Waals surface area contributed by atoms with E-state index in [4.69, 9.17) is 11.6 Å². The predicted molar refractivity (Wildman–Crippen MR) is 74.5 cm³/mol. The number of nitrogens with zero attached hydrogens (tertiary/aromatic N) is 5. The smallest absolute Gasteiger partial charge is 0.321 e. The van der Waals surface area contributed by atoms with Crippen molar-refractivity contribution in [1.29, 1.82) is 0 Å². The molecule has 10 heteroatoms. The van der Waals surface area contributed by atoms with E-state index in [-0.39, 0.29) is 12.4 Å². The molecule has 3 heterocycles. The quantitative estimate of drug-likeness (QED) is 0.729. The molecule has 114 valence electrons. The Morgan fingerprint density at radius 1 is 1.18 bits per heavy atom. The van der Waals surface area contributed by atoms with Gasteiger partial charge in [-0.3, -0.25) is 0 Å². The van der Waals surface area contributed by atoms with Crippen molar-refractivity contribution in [3.05, 3.63) is 46.0 Å². The second-order valence-electron chi connectivity index (χ2n) is 4.27. The summed E-state index contributed by atoms with van der Waals surface area (Å²) in [6.45, 7) is 0.0348. The molecule has 0 spiro atoms. The van der Waals surface area contributed by atoms with Crippen LogP contribution in [-0.4, -0.2) is 24.5 Å². The lowest BCUT2D eigenvalue weighted by atomic mass is 10.4. The van der Waals surface area contributed by atoms with Gasteiger partial charge in [0.05, 0.1) is 17.1 Å². The van der Waals surface area contributed by atoms with E-state index >= 15 is 0 Å². The summed E-state index contributed by atoms with van der Waals surface area (Å²) >= 11 is 6.96. The summed E-state index contributed by atoms with van der Waals surface area (Å²) in [7, 11) is 0. The molecule has 3 aromatic rings. The van der Waals surface area contributed by atoms with Crippen molar-refractivity contribution in [2.45, 2.75) is 12.7 Å². The van der Waals surface area contributed by atoms with Crippen LogP contribution < -0.4 is 0 Å². The predicted octanol–water partition coefficient (Wildman–Crippen LogP) is 3.52. The number of imidazole rings is 1. The third-order valence-electron chi connectivity index (χ3n) is 2.71. The van der Waals surface area contributed by atoms with E-state index in [2.05, 4.69) is 19.9 Å². The van der Waals surface area contributed by atoms with Gasteiger partial charge in [0.25, 0.3) is 0 Å². The zero-order chi connectivity index (χ0) is 15.7. The summed E-state index contributed by atoms with van der Waals surface area (Å²) in [5, 5.41) is 1.98. The highest BCUT2D eigenvalue weighted by Gasteiger charge is 2.35. The Morgan fingerprint density at radius 2 is 1.91 bits per heavy atom. The molecule has 0 aromatic carbocycles. The average Bonchev–Trinajstić information content (AvgIpc) is 3.09. The minimum absolute atomic E-state index is 0.0348. The van der Waals surface area contributed by atoms with Gasteiger partial charge in [0.15, 0.2) is 11.5 Å². The van der Waals surface area contributed by atoms with Crippen LogP contribution in [0.4, 0.5) is 13.2 Å². The number of thiazole rings is 1. The summed E-state index contributed by atoms with van der Waals surface area (Å²) in [5.41, 5.74) is 0.916. The normalized spacial score (nSPS) is 11.8. The molecule has 3 aromatic heterocycles. The molecule has 0 N–H and O–H groups in total. The van der Waals surface area contributed by atoms with E-state index in [1.54, 1.807) is 5.38 Å². The summed E-state index contributed by atoms with van der Waals surface area (Å²) in [6, 6.07) is 0. The standard InChI is InChI=1S/C12H7ClF3N5S/c13-7-1-17-10(18-2-7)4-21-3-9(12(14,15)16)20-11(21)8-5-22-6-19-8/h1-3,5-6H,4H2.